The maximum Gasteiger partial charge on any atom is 0.337 e. The van der Waals surface area contributed by atoms with Gasteiger partial charge in [0.25, 0.3) is 0 Å². The number of carboxylic acid groups (broad SMARTS) is 1. The minimum atomic E-state index is -1.02. The van der Waals surface area contributed by atoms with Crippen LogP contribution in [0.5, 0.6) is 11.5 Å². The molecule has 0 spiro atoms. The van der Waals surface area contributed by atoms with Gasteiger partial charge in [-0.2, -0.15) is 0 Å². The Morgan fingerprint density at radius 2 is 1.41 bits per heavy atom. The molecular weight excluding hydrogens is 366 g/mol. The molecule has 0 radical (unpaired) electrons. The van der Waals surface area contributed by atoms with Crippen LogP contribution in [0.15, 0.2) is 42.5 Å². The van der Waals surface area contributed by atoms with Gasteiger partial charge in [-0.25, -0.2) is 4.79 Å². The van der Waals surface area contributed by atoms with E-state index in [1.54, 1.807) is 56.7 Å². The number of nitrogens with one attached hydrogen (secondary N) is 1. The van der Waals surface area contributed by atoms with Crippen molar-refractivity contribution in [1.29, 1.82) is 0 Å². The van der Waals surface area contributed by atoms with Gasteiger partial charge in [0.1, 0.15) is 11.5 Å². The first-order chi connectivity index (χ1) is 14.0. The minimum absolute atomic E-state index is 0.0399. The fourth-order valence-corrected chi connectivity index (χ4v) is 5.71. The second-order valence-corrected chi connectivity index (χ2v) is 8.90. The van der Waals surface area contributed by atoms with Gasteiger partial charge in [0.15, 0.2) is 0 Å². The van der Waals surface area contributed by atoms with Crippen LogP contribution in [0.4, 0.5) is 5.69 Å². The summed E-state index contributed by atoms with van der Waals surface area (Å²) in [5.41, 5.74) is 1.10. The van der Waals surface area contributed by atoms with E-state index in [4.69, 9.17) is 5.11 Å². The summed E-state index contributed by atoms with van der Waals surface area (Å²) in [6.07, 6.45) is 9.62. The molecule has 6 rings (SSSR count). The molecule has 4 N–H and O–H groups in total. The summed E-state index contributed by atoms with van der Waals surface area (Å²) >= 11 is 0. The number of hydrogen-bond acceptors (Lipinski definition) is 4. The van der Waals surface area contributed by atoms with Crippen LogP contribution in [0.1, 0.15) is 54.4 Å². The van der Waals surface area contributed by atoms with Crippen molar-refractivity contribution < 1.29 is 20.1 Å². The molecular formula is C24H29NO4. The highest BCUT2D eigenvalue weighted by Crippen LogP contribution is 2.53. The molecule has 5 heteroatoms. The summed E-state index contributed by atoms with van der Waals surface area (Å²) in [6.45, 7) is 0.213. The monoisotopic (exact) mass is 395 g/mol. The Labute approximate surface area is 171 Å². The number of carboxylic acids is 1. The highest BCUT2D eigenvalue weighted by Gasteiger charge is 2.41. The first kappa shape index (κ1) is 19.6. The van der Waals surface area contributed by atoms with Crippen LogP contribution in [0.25, 0.3) is 0 Å². The Bertz CT molecular complexity index is 822. The van der Waals surface area contributed by atoms with Crippen molar-refractivity contribution in [3.05, 3.63) is 53.6 Å². The van der Waals surface area contributed by atoms with E-state index in [0.29, 0.717) is 11.3 Å². The van der Waals surface area contributed by atoms with Crippen LogP contribution in [-0.2, 0) is 6.54 Å². The number of aromatic hydroxyl groups is 2. The van der Waals surface area contributed by atoms with Crippen molar-refractivity contribution in [2.75, 3.05) is 5.32 Å². The summed E-state index contributed by atoms with van der Waals surface area (Å²) < 4.78 is 0. The van der Waals surface area contributed by atoms with E-state index in [1.807, 2.05) is 0 Å². The molecule has 154 valence electrons. The molecule has 0 unspecified atom stereocenters. The SMILES string of the molecule is C1C2CC3CC1CC(C2)C3.O=C(O)c1ccccc1NCc1cc(O)ccc1O. The first-order valence-corrected chi connectivity index (χ1v) is 10.5. The van der Waals surface area contributed by atoms with E-state index >= 15 is 0 Å². The van der Waals surface area contributed by atoms with E-state index < -0.39 is 5.97 Å². The topological polar surface area (TPSA) is 89.8 Å². The second kappa shape index (κ2) is 8.36. The second-order valence-electron chi connectivity index (χ2n) is 8.90. The molecule has 0 saturated heterocycles. The van der Waals surface area contributed by atoms with Crippen LogP contribution in [0.3, 0.4) is 0 Å². The Hall–Kier alpha value is -2.69. The number of anilines is 1. The summed E-state index contributed by atoms with van der Waals surface area (Å²) in [5.74, 6) is 3.77. The van der Waals surface area contributed by atoms with Gasteiger partial charge < -0.3 is 20.6 Å². The Morgan fingerprint density at radius 3 is 1.97 bits per heavy atom. The molecule has 0 amide bonds. The van der Waals surface area contributed by atoms with Gasteiger partial charge in [-0.3, -0.25) is 0 Å². The number of phenols is 2. The third-order valence-corrected chi connectivity index (χ3v) is 6.69. The van der Waals surface area contributed by atoms with Crippen molar-refractivity contribution in [2.45, 2.75) is 45.1 Å². The van der Waals surface area contributed by atoms with Crippen molar-refractivity contribution >= 4 is 11.7 Å². The Kier molecular flexibility index (Phi) is 5.65. The molecule has 0 aromatic heterocycles. The zero-order valence-corrected chi connectivity index (χ0v) is 16.6. The van der Waals surface area contributed by atoms with Crippen LogP contribution < -0.4 is 5.32 Å². The molecule has 0 atom stereocenters. The van der Waals surface area contributed by atoms with Gasteiger partial charge in [0.05, 0.1) is 5.56 Å². The zero-order chi connectivity index (χ0) is 20.4. The third-order valence-electron chi connectivity index (χ3n) is 6.69. The quantitative estimate of drug-likeness (QED) is 0.532. The Balaban J connectivity index is 0.000000168. The highest BCUT2D eigenvalue weighted by atomic mass is 16.4. The fourth-order valence-electron chi connectivity index (χ4n) is 5.71. The molecule has 5 nitrogen and oxygen atoms in total. The number of para-hydroxylation sites is 1. The van der Waals surface area contributed by atoms with E-state index in [2.05, 4.69) is 5.32 Å². The highest BCUT2D eigenvalue weighted by molar-refractivity contribution is 5.94. The van der Waals surface area contributed by atoms with Gasteiger partial charge in [-0.15, -0.1) is 0 Å². The molecule has 4 bridgehead atoms. The fraction of sp³-hybridized carbons (Fsp3) is 0.458. The number of aromatic carboxylic acids is 1. The average Bonchev–Trinajstić information content (AvgIpc) is 2.68. The van der Waals surface area contributed by atoms with Gasteiger partial charge in [-0.1, -0.05) is 12.1 Å². The summed E-state index contributed by atoms with van der Waals surface area (Å²) in [7, 11) is 0. The number of hydrogen-bond donors (Lipinski definition) is 4. The molecule has 2 aromatic rings. The molecule has 0 aliphatic heterocycles. The normalized spacial score (nSPS) is 26.5. The van der Waals surface area contributed by atoms with E-state index in [0.717, 1.165) is 0 Å². The molecule has 29 heavy (non-hydrogen) atoms. The Morgan fingerprint density at radius 1 is 0.862 bits per heavy atom. The molecule has 4 saturated carbocycles. The van der Waals surface area contributed by atoms with E-state index in [9.17, 15) is 15.0 Å². The number of rotatable bonds is 4. The molecule has 4 fully saturated rings. The number of carbonyl (C=O) groups is 1. The minimum Gasteiger partial charge on any atom is -0.508 e. The molecule has 0 heterocycles. The van der Waals surface area contributed by atoms with Crippen LogP contribution in [0.2, 0.25) is 0 Å². The van der Waals surface area contributed by atoms with Crippen LogP contribution >= 0.6 is 0 Å². The maximum atomic E-state index is 11.0. The molecule has 4 aliphatic rings. The largest absolute Gasteiger partial charge is 0.508 e. The lowest BCUT2D eigenvalue weighted by atomic mass is 9.56. The molecule has 4 aliphatic carbocycles. The average molecular weight is 395 g/mol. The lowest BCUT2D eigenvalue weighted by molar-refractivity contribution is 0.0198. The molecule has 2 aromatic carbocycles. The first-order valence-electron chi connectivity index (χ1n) is 10.5. The van der Waals surface area contributed by atoms with Crippen molar-refractivity contribution in [3.8, 4) is 11.5 Å². The maximum absolute atomic E-state index is 11.0. The third kappa shape index (κ3) is 4.66. The van der Waals surface area contributed by atoms with E-state index in [1.165, 1.54) is 47.9 Å². The standard InChI is InChI=1S/C14H13NO4.C10H16/c16-10-5-6-13(17)9(7-10)8-15-12-4-2-1-3-11(12)14(18)19;1-7-2-9-4-8(1)5-10(3-7)6-9/h1-7,15-17H,8H2,(H,18,19);7-10H,1-6H2. The lowest BCUT2D eigenvalue weighted by Gasteiger charge is -2.49. The predicted octanol–water partition coefficient (Wildman–Crippen LogP) is 5.24. The van der Waals surface area contributed by atoms with Crippen molar-refractivity contribution in [3.63, 3.8) is 0 Å². The van der Waals surface area contributed by atoms with E-state index in [-0.39, 0.29) is 23.6 Å². The van der Waals surface area contributed by atoms with Gasteiger partial charge >= 0.3 is 5.97 Å². The van der Waals surface area contributed by atoms with Crippen molar-refractivity contribution in [1.82, 2.24) is 0 Å². The predicted molar refractivity (Wildman–Crippen MR) is 112 cm³/mol. The summed E-state index contributed by atoms with van der Waals surface area (Å²) in [6, 6.07) is 10.7. The zero-order valence-electron chi connectivity index (χ0n) is 16.6. The van der Waals surface area contributed by atoms with Gasteiger partial charge in [0.2, 0.25) is 0 Å². The van der Waals surface area contributed by atoms with Crippen LogP contribution in [-0.4, -0.2) is 21.3 Å². The summed E-state index contributed by atoms with van der Waals surface area (Å²) in [5, 5.41) is 30.9. The van der Waals surface area contributed by atoms with Crippen molar-refractivity contribution in [2.24, 2.45) is 23.7 Å². The summed E-state index contributed by atoms with van der Waals surface area (Å²) in [4.78, 5) is 11.0. The number of phenolic OH excluding ortho intramolecular Hbond substituents is 2. The van der Waals surface area contributed by atoms with Gasteiger partial charge in [0, 0.05) is 17.8 Å². The van der Waals surface area contributed by atoms with Gasteiger partial charge in [-0.05, 0) is 92.5 Å². The van der Waals surface area contributed by atoms with Crippen LogP contribution in [0, 0.1) is 23.7 Å². The lowest BCUT2D eigenvalue weighted by Crippen LogP contribution is -2.38. The smallest absolute Gasteiger partial charge is 0.337 e. The number of benzene rings is 2.